The van der Waals surface area contributed by atoms with Crippen LogP contribution < -0.4 is 5.32 Å². The van der Waals surface area contributed by atoms with Gasteiger partial charge in [-0.2, -0.15) is 0 Å². The standard InChI is InChI=1S/C31H36N2O3S.2C2H6/c1-20-11-12-24(23-10-6-5-9-22(20)23)26-25(19-21-7-3-2-4-8-21)32-28(37-26)27(34)33-31-16-13-30(14-17-31,15-18-31)29(35)36;2*1-2/h5-6,9-12,21H,2-4,7-8,13-19H2,1H3,(H,33,34)(H,35,36);2*1-2H3. The van der Waals surface area contributed by atoms with Gasteiger partial charge in [0, 0.05) is 11.1 Å². The Morgan fingerprint density at radius 1 is 0.902 bits per heavy atom. The summed E-state index contributed by atoms with van der Waals surface area (Å²) in [5.74, 6) is -0.140. The number of amides is 1. The van der Waals surface area contributed by atoms with Gasteiger partial charge in [0.05, 0.1) is 16.0 Å². The summed E-state index contributed by atoms with van der Waals surface area (Å²) in [5, 5.41) is 16.1. The van der Waals surface area contributed by atoms with E-state index in [4.69, 9.17) is 4.98 Å². The number of aromatic nitrogens is 1. The summed E-state index contributed by atoms with van der Waals surface area (Å²) in [5.41, 5.74) is 2.61. The van der Waals surface area contributed by atoms with E-state index in [0.29, 0.717) is 30.2 Å². The third-order valence-electron chi connectivity index (χ3n) is 9.56. The number of hydrogen-bond acceptors (Lipinski definition) is 4. The van der Waals surface area contributed by atoms with Crippen LogP contribution in [0.2, 0.25) is 0 Å². The SMILES string of the molecule is CC.CC.Cc1ccc(-c2sc(C(=O)NC34CCC(C(=O)O)(CC3)CC4)nc2CC2CCCCC2)c2ccccc12. The Bertz CT molecular complexity index is 1330. The summed E-state index contributed by atoms with van der Waals surface area (Å²) in [6, 6.07) is 12.9. The molecule has 6 heteroatoms. The first-order valence-electron chi connectivity index (χ1n) is 15.9. The summed E-state index contributed by atoms with van der Waals surface area (Å²) in [6.45, 7) is 10.1. The van der Waals surface area contributed by atoms with E-state index in [1.54, 1.807) is 0 Å². The number of fused-ring (bicyclic) bond motifs is 4. The second-order valence-corrected chi connectivity index (χ2v) is 12.8. The molecule has 4 aliphatic rings. The molecule has 2 aromatic carbocycles. The van der Waals surface area contributed by atoms with E-state index in [2.05, 4.69) is 48.6 Å². The molecule has 2 bridgehead atoms. The fourth-order valence-corrected chi connectivity index (χ4v) is 8.13. The van der Waals surface area contributed by atoms with Gasteiger partial charge in [0.1, 0.15) is 0 Å². The number of nitrogens with one attached hydrogen (secondary N) is 1. The van der Waals surface area contributed by atoms with Gasteiger partial charge in [0.2, 0.25) is 0 Å². The molecule has 0 unspecified atom stereocenters. The van der Waals surface area contributed by atoms with Crippen LogP contribution in [0.4, 0.5) is 0 Å². The number of carboxylic acids is 1. The lowest BCUT2D eigenvalue weighted by molar-refractivity contribution is -0.156. The molecular formula is C35H48N2O3S. The number of carbonyl (C=O) groups excluding carboxylic acids is 1. The summed E-state index contributed by atoms with van der Waals surface area (Å²) >= 11 is 1.53. The largest absolute Gasteiger partial charge is 0.481 e. The topological polar surface area (TPSA) is 79.3 Å². The van der Waals surface area contributed by atoms with Crippen molar-refractivity contribution >= 4 is 34.0 Å². The molecule has 1 heterocycles. The molecule has 0 aliphatic heterocycles. The van der Waals surface area contributed by atoms with E-state index < -0.39 is 11.4 Å². The second-order valence-electron chi connectivity index (χ2n) is 11.8. The van der Waals surface area contributed by atoms with Crippen LogP contribution in [0.5, 0.6) is 0 Å². The van der Waals surface area contributed by atoms with Crippen LogP contribution in [0.25, 0.3) is 21.2 Å². The van der Waals surface area contributed by atoms with Crippen molar-refractivity contribution in [1.29, 1.82) is 0 Å². The fraction of sp³-hybridized carbons (Fsp3) is 0.571. The van der Waals surface area contributed by atoms with Gasteiger partial charge in [-0.25, -0.2) is 4.98 Å². The zero-order valence-corrected chi connectivity index (χ0v) is 26.5. The van der Waals surface area contributed by atoms with E-state index in [1.807, 2.05) is 27.7 Å². The Kier molecular flexibility index (Phi) is 10.3. The number of benzene rings is 2. The molecule has 0 saturated heterocycles. The first-order valence-corrected chi connectivity index (χ1v) is 16.7. The van der Waals surface area contributed by atoms with Gasteiger partial charge in [-0.05, 0) is 74.1 Å². The number of aliphatic carboxylic acids is 1. The van der Waals surface area contributed by atoms with Crippen molar-refractivity contribution in [2.24, 2.45) is 11.3 Å². The highest BCUT2D eigenvalue weighted by atomic mass is 32.1. The Hall–Kier alpha value is -2.73. The molecule has 1 aromatic heterocycles. The van der Waals surface area contributed by atoms with Gasteiger partial charge < -0.3 is 10.4 Å². The van der Waals surface area contributed by atoms with Crippen LogP contribution in [0.3, 0.4) is 0 Å². The fourth-order valence-electron chi connectivity index (χ4n) is 7.10. The molecule has 4 aliphatic carbocycles. The normalized spacial score (nSPS) is 23.6. The van der Waals surface area contributed by atoms with E-state index in [0.717, 1.165) is 36.3 Å². The van der Waals surface area contributed by atoms with Gasteiger partial charge in [-0.3, -0.25) is 9.59 Å². The molecule has 0 atom stereocenters. The van der Waals surface area contributed by atoms with Gasteiger partial charge in [-0.1, -0.05) is 96.2 Å². The maximum atomic E-state index is 13.6. The monoisotopic (exact) mass is 576 g/mol. The van der Waals surface area contributed by atoms with Gasteiger partial charge >= 0.3 is 5.97 Å². The first-order chi connectivity index (χ1) is 19.9. The molecule has 222 valence electrons. The number of rotatable bonds is 6. The predicted molar refractivity (Wildman–Crippen MR) is 171 cm³/mol. The van der Waals surface area contributed by atoms with Crippen molar-refractivity contribution in [1.82, 2.24) is 10.3 Å². The van der Waals surface area contributed by atoms with E-state index >= 15 is 0 Å². The lowest BCUT2D eigenvalue weighted by Gasteiger charge is -2.51. The summed E-state index contributed by atoms with van der Waals surface area (Å²) in [6.07, 6.45) is 11.4. The third-order valence-corrected chi connectivity index (χ3v) is 10.7. The smallest absolute Gasteiger partial charge is 0.309 e. The lowest BCUT2D eigenvalue weighted by Crippen LogP contribution is -2.58. The highest BCUT2D eigenvalue weighted by molar-refractivity contribution is 7.17. The Balaban J connectivity index is 0.000000929. The Morgan fingerprint density at radius 3 is 2.12 bits per heavy atom. The van der Waals surface area contributed by atoms with Crippen LogP contribution in [-0.2, 0) is 11.2 Å². The van der Waals surface area contributed by atoms with Gasteiger partial charge in [-0.15, -0.1) is 11.3 Å². The maximum absolute atomic E-state index is 13.6. The molecule has 4 saturated carbocycles. The number of aryl methyl sites for hydroxylation is 1. The molecule has 2 N–H and O–H groups in total. The highest BCUT2D eigenvalue weighted by Crippen LogP contribution is 2.52. The Morgan fingerprint density at radius 2 is 1.51 bits per heavy atom. The molecule has 0 radical (unpaired) electrons. The van der Waals surface area contributed by atoms with E-state index in [9.17, 15) is 14.7 Å². The van der Waals surface area contributed by atoms with Crippen molar-refractivity contribution in [3.05, 3.63) is 52.7 Å². The van der Waals surface area contributed by atoms with Crippen molar-refractivity contribution in [3.8, 4) is 10.4 Å². The van der Waals surface area contributed by atoms with Gasteiger partial charge in [0.25, 0.3) is 5.91 Å². The molecule has 3 aromatic rings. The van der Waals surface area contributed by atoms with Crippen LogP contribution in [0.1, 0.15) is 119 Å². The van der Waals surface area contributed by atoms with Crippen LogP contribution in [-0.4, -0.2) is 27.5 Å². The quantitative estimate of drug-likeness (QED) is 0.306. The maximum Gasteiger partial charge on any atom is 0.309 e. The van der Waals surface area contributed by atoms with Crippen LogP contribution >= 0.6 is 11.3 Å². The van der Waals surface area contributed by atoms with Crippen LogP contribution in [0.15, 0.2) is 36.4 Å². The Labute approximate surface area is 250 Å². The summed E-state index contributed by atoms with van der Waals surface area (Å²) < 4.78 is 0. The average molecular weight is 577 g/mol. The molecule has 7 rings (SSSR count). The third kappa shape index (κ3) is 6.38. The molecule has 1 amide bonds. The van der Waals surface area contributed by atoms with Crippen LogP contribution in [0, 0.1) is 18.3 Å². The number of nitrogens with zero attached hydrogens (tertiary/aromatic N) is 1. The second kappa shape index (κ2) is 13.5. The predicted octanol–water partition coefficient (Wildman–Crippen LogP) is 9.35. The van der Waals surface area contributed by atoms with Crippen molar-refractivity contribution in [2.75, 3.05) is 0 Å². The van der Waals surface area contributed by atoms with E-state index in [-0.39, 0.29) is 11.4 Å². The minimum Gasteiger partial charge on any atom is -0.481 e. The zero-order valence-electron chi connectivity index (χ0n) is 25.6. The molecule has 5 nitrogen and oxygen atoms in total. The van der Waals surface area contributed by atoms with Gasteiger partial charge in [0.15, 0.2) is 5.01 Å². The number of thiazole rings is 1. The summed E-state index contributed by atoms with van der Waals surface area (Å²) in [7, 11) is 0. The molecule has 4 fully saturated rings. The van der Waals surface area contributed by atoms with E-state index in [1.165, 1.54) is 65.3 Å². The number of carboxylic acid groups (broad SMARTS) is 1. The van der Waals surface area contributed by atoms with Crippen molar-refractivity contribution in [2.45, 2.75) is 117 Å². The number of hydrogen-bond donors (Lipinski definition) is 2. The summed E-state index contributed by atoms with van der Waals surface area (Å²) in [4.78, 5) is 31.6. The lowest BCUT2D eigenvalue weighted by atomic mass is 9.57. The highest BCUT2D eigenvalue weighted by Gasteiger charge is 2.53. The average Bonchev–Trinajstić information content (AvgIpc) is 3.44. The molecule has 0 spiro atoms. The van der Waals surface area contributed by atoms with Crippen molar-refractivity contribution < 1.29 is 14.7 Å². The zero-order chi connectivity index (χ0) is 29.6. The molecule has 41 heavy (non-hydrogen) atoms. The van der Waals surface area contributed by atoms with Crippen molar-refractivity contribution in [3.63, 3.8) is 0 Å². The molecular weight excluding hydrogens is 528 g/mol. The first kappa shape index (κ1) is 31.2. The minimum atomic E-state index is -0.672. The minimum absolute atomic E-state index is 0.0951. The number of carbonyl (C=O) groups is 2.